The third-order valence-corrected chi connectivity index (χ3v) is 14.8. The SMILES string of the molecule is CN(CCO)C(=O)CN(c1nn(CC(F)(F)F)c2c(-c3ccc(C#CC(C)(C)S(C)(=O)=O)nc3C(Cc3cc(F)cc(F)c3)NC(=O)Cn3nc(C(F)(F)F)c4c3C(F)(F)[C@@H]3C[C@H]43)ccc(Cl)c12)S(=O)[O-]. The van der Waals surface area contributed by atoms with Crippen LogP contribution in [0.1, 0.15) is 66.1 Å². The van der Waals surface area contributed by atoms with Gasteiger partial charge in [0, 0.05) is 59.8 Å². The number of rotatable bonds is 15. The van der Waals surface area contributed by atoms with Crippen LogP contribution in [-0.4, -0.2) is 107 Å². The molecule has 0 saturated heterocycles. The zero-order valence-corrected chi connectivity index (χ0v) is 39.6. The zero-order chi connectivity index (χ0) is 52.5. The lowest BCUT2D eigenvalue weighted by Crippen LogP contribution is -2.40. The number of alkyl halides is 8. The lowest BCUT2D eigenvalue weighted by atomic mass is 9.93. The summed E-state index contributed by atoms with van der Waals surface area (Å²) in [6, 6.07) is 4.87. The Morgan fingerprint density at radius 3 is 2.28 bits per heavy atom. The fraction of sp³-hybridized carbons (Fsp3) is 0.419. The molecule has 1 fully saturated rings. The molecule has 2 aromatic carbocycles. The van der Waals surface area contributed by atoms with Gasteiger partial charge in [-0.3, -0.25) is 27.5 Å². The van der Waals surface area contributed by atoms with Crippen LogP contribution in [0.25, 0.3) is 22.0 Å². The summed E-state index contributed by atoms with van der Waals surface area (Å²) in [6.45, 7) is -2.64. The van der Waals surface area contributed by atoms with E-state index in [2.05, 4.69) is 32.3 Å². The number of halogens is 11. The van der Waals surface area contributed by atoms with Gasteiger partial charge in [0.15, 0.2) is 21.3 Å². The molecule has 0 aliphatic heterocycles. The van der Waals surface area contributed by atoms with Crippen molar-refractivity contribution < 1.29 is 75.8 Å². The van der Waals surface area contributed by atoms with Gasteiger partial charge in [-0.1, -0.05) is 23.6 Å². The summed E-state index contributed by atoms with van der Waals surface area (Å²) in [7, 11) is -2.70. The van der Waals surface area contributed by atoms with Crippen molar-refractivity contribution in [2.24, 2.45) is 5.92 Å². The molecular weight excluding hydrogens is 1030 g/mol. The number of carbonyl (C=O) groups excluding carboxylic acids is 2. The molecule has 28 heteroatoms. The van der Waals surface area contributed by atoms with Crippen molar-refractivity contribution in [2.75, 3.05) is 37.3 Å². The van der Waals surface area contributed by atoms with E-state index in [1.54, 1.807) is 0 Å². The molecule has 382 valence electrons. The maximum absolute atomic E-state index is 15.6. The van der Waals surface area contributed by atoms with Crippen LogP contribution >= 0.6 is 11.6 Å². The number of benzene rings is 2. The van der Waals surface area contributed by atoms with Gasteiger partial charge in [0.2, 0.25) is 11.8 Å². The predicted molar refractivity (Wildman–Crippen MR) is 234 cm³/mol. The van der Waals surface area contributed by atoms with Gasteiger partial charge in [-0.05, 0) is 74.4 Å². The standard InChI is InChI=1S/C43H39ClF10N8O7S2/c1-40(2,71(4,68)69)10-9-24-5-6-25(26-7-8-29(44)34-36(26)61(20-41(47,48)49)58-39(34)62(70(66)67)19-32(65)59(3)11-12-63)35(55-24)30(15-21-13-22(45)16-23(46)14-21)56-31(64)18-60-38-33(37(57-60)43(52,53)54)27-17-28(27)42(38,50)51/h5-8,13-14,16,27-28,30,63H,11-12,15,17-20H2,1-4H3,(H,56,64)(H,66,67)/p-1/t27-,28+,30?/m0/s1. The molecule has 2 aliphatic rings. The summed E-state index contributed by atoms with van der Waals surface area (Å²) in [4.78, 5) is 32.6. The largest absolute Gasteiger partial charge is 0.755 e. The van der Waals surface area contributed by atoms with Crippen molar-refractivity contribution in [3.63, 3.8) is 0 Å². The smallest absolute Gasteiger partial charge is 0.435 e. The number of aromatic nitrogens is 5. The molecule has 5 aromatic rings. The van der Waals surface area contributed by atoms with Gasteiger partial charge < -0.3 is 19.9 Å². The fourth-order valence-electron chi connectivity index (χ4n) is 8.15. The Morgan fingerprint density at radius 1 is 1.04 bits per heavy atom. The Balaban J connectivity index is 1.47. The molecule has 0 bridgehead atoms. The Labute approximate surface area is 404 Å². The number of nitrogens with zero attached hydrogens (tertiary/aromatic N) is 7. The molecule has 3 aromatic heterocycles. The van der Waals surface area contributed by atoms with E-state index in [1.807, 2.05) is 0 Å². The fourth-order valence-corrected chi connectivity index (χ4v) is 9.11. The Hall–Kier alpha value is -5.82. The van der Waals surface area contributed by atoms with Crippen molar-refractivity contribution in [1.82, 2.24) is 34.8 Å². The first-order chi connectivity index (χ1) is 32.8. The number of nitrogens with one attached hydrogen (secondary N) is 1. The molecule has 0 spiro atoms. The topological polar surface area (TPSA) is 196 Å². The number of likely N-dealkylation sites (N-methyl/N-ethyl adjacent to an activating group) is 1. The van der Waals surface area contributed by atoms with Gasteiger partial charge in [0.1, 0.15) is 47.4 Å². The lowest BCUT2D eigenvalue weighted by molar-refractivity contribution is -0.143. The van der Waals surface area contributed by atoms with Crippen LogP contribution in [0, 0.1) is 29.4 Å². The van der Waals surface area contributed by atoms with Crippen molar-refractivity contribution in [2.45, 2.75) is 74.8 Å². The molecule has 71 heavy (non-hydrogen) atoms. The van der Waals surface area contributed by atoms with E-state index in [9.17, 15) is 67.0 Å². The second-order valence-electron chi connectivity index (χ2n) is 17.3. The molecule has 2 N–H and O–H groups in total. The van der Waals surface area contributed by atoms with E-state index in [0.717, 1.165) is 47.6 Å². The summed E-state index contributed by atoms with van der Waals surface area (Å²) in [5.41, 5.74) is -5.73. The monoisotopic (exact) mass is 1070 g/mol. The highest BCUT2D eigenvalue weighted by atomic mass is 35.5. The van der Waals surface area contributed by atoms with E-state index in [-0.39, 0.29) is 40.0 Å². The van der Waals surface area contributed by atoms with E-state index in [4.69, 9.17) is 11.6 Å². The molecule has 2 unspecified atom stereocenters. The molecule has 1 saturated carbocycles. The second kappa shape index (κ2) is 19.0. The van der Waals surface area contributed by atoms with Crippen LogP contribution in [-0.2, 0) is 62.3 Å². The minimum Gasteiger partial charge on any atom is -0.755 e. The summed E-state index contributed by atoms with van der Waals surface area (Å²) < 4.78 is 196. The maximum Gasteiger partial charge on any atom is 0.435 e. The Morgan fingerprint density at radius 2 is 1.69 bits per heavy atom. The van der Waals surface area contributed by atoms with Gasteiger partial charge in [0.05, 0.1) is 34.3 Å². The Kier molecular flexibility index (Phi) is 14.2. The predicted octanol–water partition coefficient (Wildman–Crippen LogP) is 6.34. The molecule has 2 amide bonds. The number of anilines is 1. The van der Waals surface area contributed by atoms with E-state index in [0.29, 0.717) is 15.1 Å². The summed E-state index contributed by atoms with van der Waals surface area (Å²) >= 11 is 3.15. The summed E-state index contributed by atoms with van der Waals surface area (Å²) in [5.74, 6) is -6.77. The van der Waals surface area contributed by atoms with E-state index >= 15 is 8.78 Å². The highest BCUT2D eigenvalue weighted by Gasteiger charge is 2.68. The van der Waals surface area contributed by atoms with Gasteiger partial charge in [-0.25, -0.2) is 22.2 Å². The van der Waals surface area contributed by atoms with Crippen molar-refractivity contribution in [1.29, 1.82) is 0 Å². The first-order valence-corrected chi connectivity index (χ1v) is 24.1. The van der Waals surface area contributed by atoms with E-state index < -0.39 is 163 Å². The normalized spacial score (nSPS) is 17.3. The molecule has 2 aliphatic carbocycles. The number of pyridine rings is 1. The molecule has 3 heterocycles. The van der Waals surface area contributed by atoms with Gasteiger partial charge in [-0.15, -0.1) is 0 Å². The van der Waals surface area contributed by atoms with Crippen LogP contribution in [0.3, 0.4) is 0 Å². The highest BCUT2D eigenvalue weighted by Crippen LogP contribution is 2.68. The van der Waals surface area contributed by atoms with Crippen LogP contribution in [0.15, 0.2) is 42.5 Å². The van der Waals surface area contributed by atoms with Gasteiger partial charge in [-0.2, -0.15) is 45.3 Å². The number of fused-ring (bicyclic) bond motifs is 4. The number of amides is 2. The average Bonchev–Trinajstić information content (AvgIpc) is 3.75. The van der Waals surface area contributed by atoms with Crippen molar-refractivity contribution in [3.05, 3.63) is 93.0 Å². The lowest BCUT2D eigenvalue weighted by Gasteiger charge is -2.26. The van der Waals surface area contributed by atoms with Crippen LogP contribution < -0.4 is 9.62 Å². The van der Waals surface area contributed by atoms with Crippen molar-refractivity contribution >= 4 is 61.2 Å². The number of aliphatic hydroxyl groups is 1. The molecule has 15 nitrogen and oxygen atoms in total. The molecule has 7 rings (SSSR count). The first-order valence-electron chi connectivity index (χ1n) is 20.8. The second-order valence-corrected chi connectivity index (χ2v) is 21.2. The number of aliphatic hydroxyl groups excluding tert-OH is 1. The van der Waals surface area contributed by atoms with E-state index in [1.165, 1.54) is 20.9 Å². The third-order valence-electron chi connectivity index (χ3n) is 11.9. The summed E-state index contributed by atoms with van der Waals surface area (Å²) in [6.07, 6.45) is -10.4. The molecule has 4 atom stereocenters. The third kappa shape index (κ3) is 10.9. The summed E-state index contributed by atoms with van der Waals surface area (Å²) in [5, 5.41) is 18.2. The van der Waals surface area contributed by atoms with Crippen LogP contribution in [0.5, 0.6) is 0 Å². The zero-order valence-electron chi connectivity index (χ0n) is 37.2. The van der Waals surface area contributed by atoms with Crippen LogP contribution in [0.2, 0.25) is 5.02 Å². The number of hydrogen-bond acceptors (Lipinski definition) is 10. The molecule has 0 radical (unpaired) electrons. The van der Waals surface area contributed by atoms with Gasteiger partial charge >= 0.3 is 12.4 Å². The quantitative estimate of drug-likeness (QED) is 0.0679. The Bertz CT molecular complexity index is 3150. The number of carbonyl (C=O) groups is 2. The first kappa shape index (κ1) is 53.0. The number of sulfone groups is 1. The highest BCUT2D eigenvalue weighted by molar-refractivity contribution is 7.92. The minimum atomic E-state index is -5.22. The van der Waals surface area contributed by atoms with Gasteiger partial charge in [0.25, 0.3) is 5.92 Å². The molecular formula is C43H38ClF10N8O7S2-. The maximum atomic E-state index is 15.6. The average molecular weight is 1070 g/mol. The van der Waals surface area contributed by atoms with Crippen molar-refractivity contribution in [3.8, 4) is 23.0 Å². The van der Waals surface area contributed by atoms with Crippen LogP contribution in [0.4, 0.5) is 49.7 Å². The number of hydrogen-bond donors (Lipinski definition) is 2. The minimum absolute atomic E-state index is 0.194.